The number of aryl methyl sites for hydroxylation is 2. The Labute approximate surface area is 271 Å². The fourth-order valence-electron chi connectivity index (χ4n) is 6.60. The smallest absolute Gasteiger partial charge is 0.408 e. The normalized spacial score (nSPS) is 16.6. The molecule has 1 fully saturated rings. The number of nitriles is 1. The number of nitrogens with one attached hydrogen (secondary N) is 1. The van der Waals surface area contributed by atoms with Crippen LogP contribution in [0, 0.1) is 17.1 Å². The highest BCUT2D eigenvalue weighted by Crippen LogP contribution is 2.51. The first kappa shape index (κ1) is 29.7. The monoisotopic (exact) mass is 665 g/mol. The van der Waals surface area contributed by atoms with Crippen LogP contribution in [0.1, 0.15) is 47.1 Å². The highest BCUT2D eigenvalue weighted by atomic mass is 32.2. The molecule has 15 heteroatoms. The number of nitrogens with zero attached hydrogens (tertiary/aromatic N) is 6. The Hall–Kier alpha value is -5.72. The van der Waals surface area contributed by atoms with Gasteiger partial charge >= 0.3 is 11.5 Å². The minimum atomic E-state index is -4.03. The van der Waals surface area contributed by atoms with Crippen LogP contribution in [0.2, 0.25) is 0 Å². The molecule has 0 amide bonds. The number of H-pyrrole nitrogens is 1. The first-order valence-corrected chi connectivity index (χ1v) is 16.5. The van der Waals surface area contributed by atoms with Crippen molar-refractivity contribution in [2.24, 2.45) is 0 Å². The van der Waals surface area contributed by atoms with Crippen LogP contribution in [-0.2, 0) is 29.4 Å². The number of sulfonamides is 1. The van der Waals surface area contributed by atoms with Crippen LogP contribution in [0.4, 0.5) is 4.39 Å². The molecule has 0 unspecified atom stereocenters. The highest BCUT2D eigenvalue weighted by molar-refractivity contribution is 7.89. The lowest BCUT2D eigenvalue weighted by Gasteiger charge is -2.17. The topological polar surface area (TPSA) is 181 Å². The van der Waals surface area contributed by atoms with E-state index in [1.54, 1.807) is 42.5 Å². The minimum Gasteiger partial charge on any atom is -0.408 e. The molecule has 0 radical (unpaired) electrons. The van der Waals surface area contributed by atoms with Crippen molar-refractivity contribution >= 4 is 21.1 Å². The number of oxazole rings is 1. The Balaban J connectivity index is 1.33. The van der Waals surface area contributed by atoms with Crippen molar-refractivity contribution in [1.29, 1.82) is 5.26 Å². The third-order valence-corrected chi connectivity index (χ3v) is 10.8. The maximum absolute atomic E-state index is 14.2. The number of hydrogen-bond donors (Lipinski definition) is 1. The van der Waals surface area contributed by atoms with Crippen molar-refractivity contribution in [3.63, 3.8) is 0 Å². The van der Waals surface area contributed by atoms with Gasteiger partial charge in [-0.2, -0.15) is 9.57 Å². The number of aromatic amines is 1. The van der Waals surface area contributed by atoms with Gasteiger partial charge in [0, 0.05) is 18.3 Å². The Morgan fingerprint density at radius 3 is 2.60 bits per heavy atom. The van der Waals surface area contributed by atoms with Gasteiger partial charge in [0.25, 0.3) is 5.89 Å². The number of halogens is 1. The molecule has 0 aliphatic carbocycles. The number of pyridine rings is 2. The van der Waals surface area contributed by atoms with Crippen LogP contribution in [0.25, 0.3) is 33.7 Å². The maximum Gasteiger partial charge on any atom is 0.434 e. The number of hydrogen-bond acceptors (Lipinski definition) is 10. The molecule has 4 aromatic heterocycles. The second-order valence-corrected chi connectivity index (χ2v) is 13.5. The number of aromatic nitrogens is 5. The third kappa shape index (κ3) is 4.84. The molecule has 1 saturated heterocycles. The quantitative estimate of drug-likeness (QED) is 0.261. The van der Waals surface area contributed by atoms with E-state index in [-0.39, 0.29) is 46.3 Å². The highest BCUT2D eigenvalue weighted by Gasteiger charge is 2.49. The summed E-state index contributed by atoms with van der Waals surface area (Å²) in [6.45, 7) is 0.407. The molecule has 2 aliphatic heterocycles. The predicted octanol–water partition coefficient (Wildman–Crippen LogP) is 4.08. The van der Waals surface area contributed by atoms with Gasteiger partial charge in [-0.25, -0.2) is 27.5 Å². The second-order valence-electron chi connectivity index (χ2n) is 11.6. The molecule has 0 bridgehead atoms. The lowest BCUT2D eigenvalue weighted by atomic mass is 9.93. The van der Waals surface area contributed by atoms with Crippen LogP contribution in [0.15, 0.2) is 84.1 Å². The Morgan fingerprint density at radius 2 is 1.88 bits per heavy atom. The zero-order chi connectivity index (χ0) is 33.2. The van der Waals surface area contributed by atoms with Gasteiger partial charge in [-0.15, -0.1) is 5.10 Å². The van der Waals surface area contributed by atoms with Gasteiger partial charge in [0.1, 0.15) is 16.8 Å². The van der Waals surface area contributed by atoms with Gasteiger partial charge in [-0.05, 0) is 73.2 Å². The van der Waals surface area contributed by atoms with Crippen LogP contribution in [0.5, 0.6) is 0 Å². The minimum absolute atomic E-state index is 0.0127. The largest absolute Gasteiger partial charge is 0.434 e. The summed E-state index contributed by atoms with van der Waals surface area (Å²) in [5, 5.41) is 15.4. The van der Waals surface area contributed by atoms with E-state index >= 15 is 0 Å². The van der Waals surface area contributed by atoms with Crippen molar-refractivity contribution in [1.82, 2.24) is 29.0 Å². The molecule has 240 valence electrons. The lowest BCUT2D eigenvalue weighted by molar-refractivity contribution is 0.412. The van der Waals surface area contributed by atoms with E-state index in [1.807, 2.05) is 6.07 Å². The van der Waals surface area contributed by atoms with E-state index in [0.29, 0.717) is 59.5 Å². The first-order chi connectivity index (χ1) is 23.2. The molecule has 2 aromatic carbocycles. The molecule has 1 N–H and O–H groups in total. The zero-order valence-electron chi connectivity index (χ0n) is 25.0. The van der Waals surface area contributed by atoms with Gasteiger partial charge in [0.2, 0.25) is 10.0 Å². The predicted molar refractivity (Wildman–Crippen MR) is 168 cm³/mol. The van der Waals surface area contributed by atoms with Gasteiger partial charge in [-0.3, -0.25) is 14.5 Å². The molecule has 0 spiro atoms. The summed E-state index contributed by atoms with van der Waals surface area (Å²) in [6.07, 6.45) is 3.40. The number of fused-ring (bicyclic) bond motifs is 4. The molecule has 13 nitrogen and oxygen atoms in total. The second kappa shape index (κ2) is 11.2. The summed E-state index contributed by atoms with van der Waals surface area (Å²) in [7, 11) is -4.03. The summed E-state index contributed by atoms with van der Waals surface area (Å²) < 4.78 is 55.9. The first-order valence-electron chi connectivity index (χ1n) is 15.1. The van der Waals surface area contributed by atoms with E-state index < -0.39 is 27.6 Å². The molecule has 6 heterocycles. The van der Waals surface area contributed by atoms with Gasteiger partial charge in [0.15, 0.2) is 5.58 Å². The fourth-order valence-corrected chi connectivity index (χ4v) is 8.67. The van der Waals surface area contributed by atoms with E-state index in [0.717, 1.165) is 5.56 Å². The average molecular weight is 666 g/mol. The fraction of sp³-hybridized carbons (Fsp3) is 0.212. The summed E-state index contributed by atoms with van der Waals surface area (Å²) >= 11 is 0. The third-order valence-electron chi connectivity index (χ3n) is 8.79. The molecule has 1 atom stereocenters. The van der Waals surface area contributed by atoms with Crippen molar-refractivity contribution in [3.8, 4) is 28.7 Å². The molecule has 0 saturated carbocycles. The summed E-state index contributed by atoms with van der Waals surface area (Å²) in [4.78, 5) is 34.4. The van der Waals surface area contributed by atoms with Crippen molar-refractivity contribution in [2.75, 3.05) is 6.54 Å². The standard InChI is InChI=1S/C33H24FN7O6S/c34-21-8-3-18(4-9-21)6-11-23-28(31-38-39-32(42)47-31)27(30-29(37-23)25-2-1-13-41(25)48(30,44)45)20-7-12-24-26(14-20)46-33(43)40(24)17-22-10-5-19(15-35)16-36-22/h3-5,7-10,12,14,16,25H,1-2,6,11,13,17H2,(H,39,42)/t25-/m1/s1. The Morgan fingerprint density at radius 1 is 1.04 bits per heavy atom. The molecule has 48 heavy (non-hydrogen) atoms. The van der Waals surface area contributed by atoms with E-state index in [9.17, 15) is 22.4 Å². The molecule has 6 aromatic rings. The van der Waals surface area contributed by atoms with Crippen molar-refractivity contribution in [3.05, 3.63) is 116 Å². The van der Waals surface area contributed by atoms with Gasteiger partial charge in [-0.1, -0.05) is 18.2 Å². The molecular weight excluding hydrogens is 641 g/mol. The van der Waals surface area contributed by atoms with Crippen LogP contribution in [-0.4, -0.2) is 44.0 Å². The SMILES string of the molecule is N#Cc1ccc(Cn2c(=O)oc3cc(-c4c(-c5n[nH]c(=O)o5)c(CCc5ccc(F)cc5)nc5c4S(=O)(=O)N4CCC[C@H]54)ccc32)nc1. The summed E-state index contributed by atoms with van der Waals surface area (Å²) in [5.74, 6) is -2.00. The van der Waals surface area contributed by atoms with E-state index in [4.69, 9.17) is 19.1 Å². The summed E-state index contributed by atoms with van der Waals surface area (Å²) in [5.41, 5.74) is 4.02. The van der Waals surface area contributed by atoms with Gasteiger partial charge < -0.3 is 8.83 Å². The summed E-state index contributed by atoms with van der Waals surface area (Å²) in [6, 6.07) is 15.7. The number of benzene rings is 2. The Kier molecular flexibility index (Phi) is 6.93. The zero-order valence-corrected chi connectivity index (χ0v) is 25.8. The molecular formula is C33H24FN7O6S. The van der Waals surface area contributed by atoms with Crippen molar-refractivity contribution in [2.45, 2.75) is 43.2 Å². The molecule has 8 rings (SSSR count). The lowest BCUT2D eigenvalue weighted by Crippen LogP contribution is -2.23. The van der Waals surface area contributed by atoms with Crippen LogP contribution >= 0.6 is 0 Å². The van der Waals surface area contributed by atoms with Crippen molar-refractivity contribution < 1.29 is 21.6 Å². The molecule has 2 aliphatic rings. The van der Waals surface area contributed by atoms with Gasteiger partial charge in [0.05, 0.1) is 46.3 Å². The van der Waals surface area contributed by atoms with E-state index in [2.05, 4.69) is 15.2 Å². The average Bonchev–Trinajstić information content (AvgIpc) is 3.86. The Bertz CT molecular complexity index is 2510. The maximum atomic E-state index is 14.2. The number of rotatable bonds is 7. The van der Waals surface area contributed by atoms with Crippen LogP contribution in [0.3, 0.4) is 0 Å². The van der Waals surface area contributed by atoms with Crippen LogP contribution < -0.4 is 11.5 Å². The van der Waals surface area contributed by atoms with E-state index in [1.165, 1.54) is 27.2 Å².